The summed E-state index contributed by atoms with van der Waals surface area (Å²) < 4.78 is 8.02. The highest BCUT2D eigenvalue weighted by molar-refractivity contribution is 9.10. The molecule has 0 aliphatic rings. The number of fused-ring (bicyclic) bond motifs is 1. The molecule has 130 valence electrons. The van der Waals surface area contributed by atoms with E-state index in [2.05, 4.69) is 25.9 Å². The largest absolute Gasteiger partial charge is 0.401 e. The van der Waals surface area contributed by atoms with Gasteiger partial charge in [-0.15, -0.1) is 0 Å². The summed E-state index contributed by atoms with van der Waals surface area (Å²) in [4.78, 5) is 21.1. The molecule has 0 radical (unpaired) electrons. The van der Waals surface area contributed by atoms with Crippen LogP contribution in [0.1, 0.15) is 5.56 Å². The number of pyridine rings is 1. The minimum absolute atomic E-state index is 0.179. The molecule has 0 spiro atoms. The van der Waals surface area contributed by atoms with E-state index >= 15 is 0 Å². The Morgan fingerprint density at radius 1 is 1.23 bits per heavy atom. The van der Waals surface area contributed by atoms with Gasteiger partial charge in [0.25, 0.3) is 0 Å². The van der Waals surface area contributed by atoms with Crippen molar-refractivity contribution in [2.24, 2.45) is 0 Å². The first-order valence-corrected chi connectivity index (χ1v) is 9.09. The van der Waals surface area contributed by atoms with E-state index in [1.54, 1.807) is 41.2 Å². The first kappa shape index (κ1) is 17.3. The number of benzene rings is 1. The molecule has 26 heavy (non-hydrogen) atoms. The van der Waals surface area contributed by atoms with Crippen molar-refractivity contribution in [1.82, 2.24) is 14.5 Å². The SMILES string of the molecule is Cc1cc(Cl)cc2c(=O)oc(-c3cc(Br)cn3-c3cccnc3Cl)nc12. The van der Waals surface area contributed by atoms with Crippen LogP contribution in [0.25, 0.3) is 28.2 Å². The maximum atomic E-state index is 12.5. The Balaban J connectivity index is 2.01. The molecule has 3 heterocycles. The number of nitrogens with zero attached hydrogens (tertiary/aromatic N) is 3. The Morgan fingerprint density at radius 3 is 2.81 bits per heavy atom. The third-order valence-electron chi connectivity index (χ3n) is 3.89. The summed E-state index contributed by atoms with van der Waals surface area (Å²) in [6.07, 6.45) is 3.41. The van der Waals surface area contributed by atoms with E-state index < -0.39 is 5.63 Å². The van der Waals surface area contributed by atoms with Crippen LogP contribution in [-0.2, 0) is 0 Å². The zero-order valence-corrected chi connectivity index (χ0v) is 16.4. The molecule has 4 rings (SSSR count). The van der Waals surface area contributed by atoms with Crippen molar-refractivity contribution in [1.29, 1.82) is 0 Å². The third kappa shape index (κ3) is 2.94. The van der Waals surface area contributed by atoms with Crippen LogP contribution in [0.2, 0.25) is 10.2 Å². The highest BCUT2D eigenvalue weighted by Crippen LogP contribution is 2.30. The molecule has 0 amide bonds. The van der Waals surface area contributed by atoms with Crippen molar-refractivity contribution in [3.05, 3.63) is 73.4 Å². The first-order valence-electron chi connectivity index (χ1n) is 7.54. The highest BCUT2D eigenvalue weighted by Gasteiger charge is 2.17. The van der Waals surface area contributed by atoms with E-state index in [-0.39, 0.29) is 5.89 Å². The molecule has 5 nitrogen and oxygen atoms in total. The predicted octanol–water partition coefficient (Wildman–Crippen LogP) is 5.42. The fourth-order valence-corrected chi connectivity index (χ4v) is 3.67. The van der Waals surface area contributed by atoms with Gasteiger partial charge in [0.2, 0.25) is 5.89 Å². The number of hydrogen-bond donors (Lipinski definition) is 0. The van der Waals surface area contributed by atoms with Gasteiger partial charge in [-0.2, -0.15) is 0 Å². The first-order chi connectivity index (χ1) is 12.4. The van der Waals surface area contributed by atoms with Crippen molar-refractivity contribution in [2.45, 2.75) is 6.92 Å². The van der Waals surface area contributed by atoms with E-state index in [9.17, 15) is 4.79 Å². The lowest BCUT2D eigenvalue weighted by molar-refractivity contribution is 0.515. The minimum Gasteiger partial charge on any atom is -0.401 e. The molecule has 0 N–H and O–H groups in total. The van der Waals surface area contributed by atoms with Gasteiger partial charge in [0, 0.05) is 21.9 Å². The van der Waals surface area contributed by atoms with Crippen LogP contribution in [0, 0.1) is 6.92 Å². The fraction of sp³-hybridized carbons (Fsp3) is 0.0556. The van der Waals surface area contributed by atoms with Crippen molar-refractivity contribution < 1.29 is 4.42 Å². The van der Waals surface area contributed by atoms with E-state index in [1.165, 1.54) is 0 Å². The fourth-order valence-electron chi connectivity index (χ4n) is 2.77. The van der Waals surface area contributed by atoms with Crippen LogP contribution in [0.3, 0.4) is 0 Å². The minimum atomic E-state index is -0.503. The van der Waals surface area contributed by atoms with Crippen molar-refractivity contribution in [3.8, 4) is 17.3 Å². The monoisotopic (exact) mass is 449 g/mol. The lowest BCUT2D eigenvalue weighted by Crippen LogP contribution is -2.06. The summed E-state index contributed by atoms with van der Waals surface area (Å²) in [5.74, 6) is 0.179. The summed E-state index contributed by atoms with van der Waals surface area (Å²) in [7, 11) is 0. The van der Waals surface area contributed by atoms with Crippen molar-refractivity contribution in [3.63, 3.8) is 0 Å². The van der Waals surface area contributed by atoms with Crippen LogP contribution in [-0.4, -0.2) is 14.5 Å². The van der Waals surface area contributed by atoms with Gasteiger partial charge in [0.05, 0.1) is 16.6 Å². The maximum absolute atomic E-state index is 12.5. The molecule has 0 atom stereocenters. The molecule has 0 unspecified atom stereocenters. The van der Waals surface area contributed by atoms with Crippen LogP contribution in [0.15, 0.2) is 56.4 Å². The zero-order chi connectivity index (χ0) is 18.4. The Labute approximate surface area is 166 Å². The lowest BCUT2D eigenvalue weighted by Gasteiger charge is -2.10. The van der Waals surface area contributed by atoms with E-state index in [0.29, 0.717) is 32.5 Å². The molecule has 8 heteroatoms. The van der Waals surface area contributed by atoms with Gasteiger partial charge in [-0.1, -0.05) is 23.2 Å². The lowest BCUT2D eigenvalue weighted by atomic mass is 10.1. The molecule has 1 aromatic carbocycles. The maximum Gasteiger partial charge on any atom is 0.347 e. The second-order valence-electron chi connectivity index (χ2n) is 5.65. The average Bonchev–Trinajstić information content (AvgIpc) is 2.97. The van der Waals surface area contributed by atoms with Gasteiger partial charge in [0.15, 0.2) is 5.15 Å². The summed E-state index contributed by atoms with van der Waals surface area (Å²) >= 11 is 15.7. The third-order valence-corrected chi connectivity index (χ3v) is 4.84. The summed E-state index contributed by atoms with van der Waals surface area (Å²) in [6, 6.07) is 8.70. The Bertz CT molecular complexity index is 1220. The van der Waals surface area contributed by atoms with Gasteiger partial charge in [-0.05, 0) is 58.7 Å². The summed E-state index contributed by atoms with van der Waals surface area (Å²) in [5, 5.41) is 1.13. The van der Waals surface area contributed by atoms with E-state index in [0.717, 1.165) is 10.0 Å². The Morgan fingerprint density at radius 2 is 2.04 bits per heavy atom. The highest BCUT2D eigenvalue weighted by atomic mass is 79.9. The second kappa shape index (κ2) is 6.54. The average molecular weight is 451 g/mol. The number of aryl methyl sites for hydroxylation is 1. The van der Waals surface area contributed by atoms with Gasteiger partial charge in [0.1, 0.15) is 5.69 Å². The van der Waals surface area contributed by atoms with Crippen LogP contribution < -0.4 is 5.63 Å². The molecule has 3 aromatic heterocycles. The van der Waals surface area contributed by atoms with Gasteiger partial charge in [-0.3, -0.25) is 0 Å². The predicted molar refractivity (Wildman–Crippen MR) is 105 cm³/mol. The Hall–Kier alpha value is -2.15. The van der Waals surface area contributed by atoms with E-state index in [1.807, 2.05) is 13.0 Å². The zero-order valence-electron chi connectivity index (χ0n) is 13.3. The molecule has 0 saturated carbocycles. The number of rotatable bonds is 2. The molecule has 0 saturated heterocycles. The standard InChI is InChI=1S/C18H10BrCl2N3O2/c1-9-5-11(20)7-12-15(9)23-17(26-18(12)25)14-6-10(19)8-24(14)13-3-2-4-22-16(13)21/h2-8H,1H3. The summed E-state index contributed by atoms with van der Waals surface area (Å²) in [6.45, 7) is 1.84. The molecule has 0 bridgehead atoms. The van der Waals surface area contributed by atoms with E-state index in [4.69, 9.17) is 27.6 Å². The summed E-state index contributed by atoms with van der Waals surface area (Å²) in [5.41, 5.74) is 2.05. The van der Waals surface area contributed by atoms with Gasteiger partial charge >= 0.3 is 5.63 Å². The molecule has 0 fully saturated rings. The number of hydrogen-bond acceptors (Lipinski definition) is 4. The second-order valence-corrected chi connectivity index (χ2v) is 7.36. The molecular formula is C18H10BrCl2N3O2. The molecule has 0 aliphatic carbocycles. The molecule has 0 aliphatic heterocycles. The molecule has 4 aromatic rings. The molecular weight excluding hydrogens is 441 g/mol. The normalized spacial score (nSPS) is 11.2. The Kier molecular flexibility index (Phi) is 4.34. The van der Waals surface area contributed by atoms with Crippen molar-refractivity contribution in [2.75, 3.05) is 0 Å². The van der Waals surface area contributed by atoms with Crippen molar-refractivity contribution >= 4 is 50.0 Å². The number of halogens is 3. The van der Waals surface area contributed by atoms with Crippen LogP contribution in [0.5, 0.6) is 0 Å². The quantitative estimate of drug-likeness (QED) is 0.382. The van der Waals surface area contributed by atoms with Crippen LogP contribution >= 0.6 is 39.1 Å². The van der Waals surface area contributed by atoms with Gasteiger partial charge < -0.3 is 8.98 Å². The van der Waals surface area contributed by atoms with Gasteiger partial charge in [-0.25, -0.2) is 14.8 Å². The number of aromatic nitrogens is 3. The smallest absolute Gasteiger partial charge is 0.347 e. The topological polar surface area (TPSA) is 60.9 Å². The van der Waals surface area contributed by atoms with Crippen LogP contribution in [0.4, 0.5) is 0 Å².